The maximum absolute atomic E-state index is 13.7. The molecule has 2 amide bonds. The van der Waals surface area contributed by atoms with Gasteiger partial charge in [0.05, 0.1) is 11.9 Å². The number of anilines is 1. The van der Waals surface area contributed by atoms with Crippen molar-refractivity contribution in [1.82, 2.24) is 10.2 Å². The van der Waals surface area contributed by atoms with Crippen LogP contribution in [0.2, 0.25) is 0 Å². The van der Waals surface area contributed by atoms with Gasteiger partial charge >= 0.3 is 0 Å². The number of hydrogen-bond acceptors (Lipinski definition) is 4. The first-order valence-electron chi connectivity index (χ1n) is 11.8. The maximum atomic E-state index is 13.7. The van der Waals surface area contributed by atoms with E-state index in [1.807, 2.05) is 74.5 Å². The minimum absolute atomic E-state index is 0.199. The zero-order valence-corrected chi connectivity index (χ0v) is 21.3. The van der Waals surface area contributed by atoms with Crippen LogP contribution in [0.1, 0.15) is 32.3 Å². The normalized spacial score (nSPS) is 12.2. The van der Waals surface area contributed by atoms with Crippen molar-refractivity contribution in [1.29, 1.82) is 0 Å². The van der Waals surface area contributed by atoms with Crippen molar-refractivity contribution < 1.29 is 18.0 Å². The predicted molar refractivity (Wildman–Crippen MR) is 141 cm³/mol. The Labute approximate surface area is 207 Å². The summed E-state index contributed by atoms with van der Waals surface area (Å²) in [6, 6.07) is 21.5. The van der Waals surface area contributed by atoms with Gasteiger partial charge in [-0.05, 0) is 29.9 Å². The van der Waals surface area contributed by atoms with Crippen LogP contribution in [0.5, 0.6) is 0 Å². The molecule has 1 atom stereocenters. The summed E-state index contributed by atoms with van der Waals surface area (Å²) in [5.41, 5.74) is 1.29. The van der Waals surface area contributed by atoms with Crippen LogP contribution in [-0.4, -0.2) is 50.5 Å². The molecule has 7 nitrogen and oxygen atoms in total. The molecule has 3 aromatic rings. The molecule has 0 unspecified atom stereocenters. The van der Waals surface area contributed by atoms with Gasteiger partial charge in [-0.15, -0.1) is 0 Å². The van der Waals surface area contributed by atoms with E-state index < -0.39 is 28.5 Å². The smallest absolute Gasteiger partial charge is 0.244 e. The fraction of sp³-hybridized carbons (Fsp3) is 0.333. The van der Waals surface area contributed by atoms with Gasteiger partial charge in [0, 0.05) is 18.5 Å². The van der Waals surface area contributed by atoms with Crippen molar-refractivity contribution in [3.63, 3.8) is 0 Å². The molecule has 3 rings (SSSR count). The molecule has 0 aliphatic carbocycles. The van der Waals surface area contributed by atoms with Gasteiger partial charge in [0.15, 0.2) is 0 Å². The van der Waals surface area contributed by atoms with Crippen LogP contribution in [0.15, 0.2) is 72.8 Å². The van der Waals surface area contributed by atoms with E-state index in [2.05, 4.69) is 5.32 Å². The second-order valence-electron chi connectivity index (χ2n) is 8.49. The van der Waals surface area contributed by atoms with E-state index in [0.29, 0.717) is 18.7 Å². The molecule has 0 aliphatic rings. The minimum Gasteiger partial charge on any atom is -0.354 e. The highest BCUT2D eigenvalue weighted by Crippen LogP contribution is 2.28. The first-order chi connectivity index (χ1) is 16.8. The quantitative estimate of drug-likeness (QED) is 0.437. The van der Waals surface area contributed by atoms with E-state index in [1.54, 1.807) is 12.1 Å². The van der Waals surface area contributed by atoms with Gasteiger partial charge in [-0.3, -0.25) is 13.9 Å². The number of benzene rings is 3. The summed E-state index contributed by atoms with van der Waals surface area (Å²) < 4.78 is 26.9. The van der Waals surface area contributed by atoms with Crippen LogP contribution in [0.4, 0.5) is 5.69 Å². The topological polar surface area (TPSA) is 86.8 Å². The number of carbonyl (C=O) groups is 2. The molecular formula is C27H33N3O4S. The van der Waals surface area contributed by atoms with E-state index in [1.165, 1.54) is 4.90 Å². The van der Waals surface area contributed by atoms with Crippen LogP contribution in [0.3, 0.4) is 0 Å². The fourth-order valence-electron chi connectivity index (χ4n) is 4.09. The number of carbonyl (C=O) groups excluding carboxylic acids is 2. The third-order valence-electron chi connectivity index (χ3n) is 5.85. The van der Waals surface area contributed by atoms with E-state index in [4.69, 9.17) is 0 Å². The zero-order chi connectivity index (χ0) is 25.4. The molecule has 3 aromatic carbocycles. The number of nitrogens with zero attached hydrogens (tertiary/aromatic N) is 2. The summed E-state index contributed by atoms with van der Waals surface area (Å²) in [7, 11) is -3.79. The third-order valence-corrected chi connectivity index (χ3v) is 6.97. The third kappa shape index (κ3) is 6.60. The highest BCUT2D eigenvalue weighted by molar-refractivity contribution is 7.92. The number of amides is 2. The monoisotopic (exact) mass is 495 g/mol. The minimum atomic E-state index is -3.79. The SMILES string of the molecule is CCCNC(=O)[C@H](CC)N(Cc1ccccc1)C(=O)CN(c1cccc2ccccc12)S(C)(=O)=O. The second-order valence-corrected chi connectivity index (χ2v) is 10.4. The van der Waals surface area contributed by atoms with E-state index in [-0.39, 0.29) is 12.5 Å². The molecule has 0 radical (unpaired) electrons. The second kappa shape index (κ2) is 11.8. The first-order valence-corrected chi connectivity index (χ1v) is 13.7. The van der Waals surface area contributed by atoms with Crippen molar-refractivity contribution in [2.45, 2.75) is 39.3 Å². The Hall–Kier alpha value is -3.39. The lowest BCUT2D eigenvalue weighted by Crippen LogP contribution is -2.52. The largest absolute Gasteiger partial charge is 0.354 e. The standard InChI is InChI=1S/C27H33N3O4S/c1-4-18-28-27(32)24(5-2)29(19-21-12-7-6-8-13-21)26(31)20-30(35(3,33)34)25-17-11-15-22-14-9-10-16-23(22)25/h6-17,24H,4-5,18-20H2,1-3H3,(H,28,32)/t24-/m0/s1. The summed E-state index contributed by atoms with van der Waals surface area (Å²) in [6.07, 6.45) is 2.27. The Bertz CT molecular complexity index is 1260. The Morgan fingerprint density at radius 1 is 0.914 bits per heavy atom. The molecule has 8 heteroatoms. The first kappa shape index (κ1) is 26.2. The average molecular weight is 496 g/mol. The van der Waals surface area contributed by atoms with Gasteiger partial charge in [-0.2, -0.15) is 0 Å². The molecule has 0 aromatic heterocycles. The molecular weight excluding hydrogens is 462 g/mol. The zero-order valence-electron chi connectivity index (χ0n) is 20.5. The predicted octanol–water partition coefficient (Wildman–Crippen LogP) is 3.94. The van der Waals surface area contributed by atoms with Crippen molar-refractivity contribution in [3.8, 4) is 0 Å². The average Bonchev–Trinajstić information content (AvgIpc) is 2.85. The Morgan fingerprint density at radius 3 is 2.23 bits per heavy atom. The van der Waals surface area contributed by atoms with E-state index in [0.717, 1.165) is 33.3 Å². The number of fused-ring (bicyclic) bond motifs is 1. The lowest BCUT2D eigenvalue weighted by atomic mass is 10.1. The maximum Gasteiger partial charge on any atom is 0.244 e. The Morgan fingerprint density at radius 2 is 1.57 bits per heavy atom. The summed E-state index contributed by atoms with van der Waals surface area (Å²) in [6.45, 7) is 4.11. The van der Waals surface area contributed by atoms with E-state index in [9.17, 15) is 18.0 Å². The van der Waals surface area contributed by atoms with Crippen LogP contribution in [0.25, 0.3) is 10.8 Å². The van der Waals surface area contributed by atoms with Crippen LogP contribution in [-0.2, 0) is 26.2 Å². The molecule has 0 saturated carbocycles. The number of rotatable bonds is 11. The van der Waals surface area contributed by atoms with Crippen LogP contribution >= 0.6 is 0 Å². The van der Waals surface area contributed by atoms with E-state index >= 15 is 0 Å². The van der Waals surface area contributed by atoms with Gasteiger partial charge in [0.2, 0.25) is 21.8 Å². The molecule has 1 N–H and O–H groups in total. The van der Waals surface area contributed by atoms with Crippen molar-refractivity contribution in [3.05, 3.63) is 78.4 Å². The summed E-state index contributed by atoms with van der Waals surface area (Å²) in [5, 5.41) is 4.48. The molecule has 0 saturated heterocycles. The summed E-state index contributed by atoms with van der Waals surface area (Å²) in [4.78, 5) is 28.2. The summed E-state index contributed by atoms with van der Waals surface area (Å²) in [5.74, 6) is -0.680. The van der Waals surface area contributed by atoms with Gasteiger partial charge in [-0.25, -0.2) is 8.42 Å². The number of hydrogen-bond donors (Lipinski definition) is 1. The van der Waals surface area contributed by atoms with Crippen molar-refractivity contribution in [2.24, 2.45) is 0 Å². The highest BCUT2D eigenvalue weighted by atomic mass is 32.2. The molecule has 0 heterocycles. The van der Waals surface area contributed by atoms with Gasteiger partial charge < -0.3 is 10.2 Å². The van der Waals surface area contributed by atoms with Gasteiger partial charge in [0.25, 0.3) is 0 Å². The van der Waals surface area contributed by atoms with Crippen molar-refractivity contribution in [2.75, 3.05) is 23.7 Å². The molecule has 35 heavy (non-hydrogen) atoms. The van der Waals surface area contributed by atoms with Crippen molar-refractivity contribution >= 4 is 38.3 Å². The van der Waals surface area contributed by atoms with Crippen LogP contribution in [0, 0.1) is 0 Å². The lowest BCUT2D eigenvalue weighted by Gasteiger charge is -2.33. The Balaban J connectivity index is 2.00. The number of sulfonamides is 1. The fourth-order valence-corrected chi connectivity index (χ4v) is 4.95. The molecule has 0 fully saturated rings. The highest BCUT2D eigenvalue weighted by Gasteiger charge is 2.32. The van der Waals surface area contributed by atoms with Gasteiger partial charge in [0.1, 0.15) is 12.6 Å². The van der Waals surface area contributed by atoms with Gasteiger partial charge in [-0.1, -0.05) is 80.6 Å². The molecule has 0 aliphatic heterocycles. The number of nitrogens with one attached hydrogen (secondary N) is 1. The summed E-state index contributed by atoms with van der Waals surface area (Å²) >= 11 is 0. The molecule has 0 bridgehead atoms. The molecule has 186 valence electrons. The molecule has 0 spiro atoms. The Kier molecular flexibility index (Phi) is 8.87. The lowest BCUT2D eigenvalue weighted by molar-refractivity contribution is -0.140. The van der Waals surface area contributed by atoms with Crippen LogP contribution < -0.4 is 9.62 Å².